The molecule has 6 N–H and O–H groups in total. The van der Waals surface area contributed by atoms with Crippen molar-refractivity contribution in [2.75, 3.05) is 0 Å². The Hall–Kier alpha value is -7.98. The second kappa shape index (κ2) is 16.8. The van der Waals surface area contributed by atoms with Gasteiger partial charge in [0.2, 0.25) is 0 Å². The Bertz CT molecular complexity index is 1110. The largest absolute Gasteiger partial charge is 0.466 e. The highest BCUT2D eigenvalue weighted by Gasteiger charge is 2.62. The van der Waals surface area contributed by atoms with Crippen molar-refractivity contribution in [3.63, 3.8) is 0 Å². The zero-order valence-electron chi connectivity index (χ0n) is 21.9. The molecule has 0 atom stereocenters. The van der Waals surface area contributed by atoms with Gasteiger partial charge in [0.25, 0.3) is 0 Å². The maximum Gasteiger partial charge on any atom is 0.466 e. The molecule has 0 heterocycles. The predicted molar refractivity (Wildman–Crippen MR) is 122 cm³/mol. The fourth-order valence-electron chi connectivity index (χ4n) is 3.27. The number of nitrogens with zero attached hydrogens (tertiary/aromatic N) is 6. The molecule has 1 rings (SSSR count). The summed E-state index contributed by atoms with van der Waals surface area (Å²) in [6, 6.07) is 0. The van der Waals surface area contributed by atoms with E-state index in [2.05, 4.69) is 28.4 Å². The molecule has 0 aromatic rings. The van der Waals surface area contributed by atoms with E-state index in [1.165, 1.54) is 0 Å². The fourth-order valence-corrected chi connectivity index (χ4v) is 3.27. The van der Waals surface area contributed by atoms with Crippen LogP contribution in [0.3, 0.4) is 0 Å². The van der Waals surface area contributed by atoms with Crippen LogP contribution in [0.5, 0.6) is 0 Å². The number of carbonyl (C=O) groups is 6. The summed E-state index contributed by atoms with van der Waals surface area (Å²) in [5.74, 6) is 0. The normalized spacial score (nSPS) is 20.8. The van der Waals surface area contributed by atoms with E-state index < -0.39 is 103 Å². The van der Waals surface area contributed by atoms with Crippen molar-refractivity contribution >= 4 is 36.6 Å². The first-order valence-electron chi connectivity index (χ1n) is 10.9. The molecule has 0 radical (unpaired) electrons. The quantitative estimate of drug-likeness (QED) is 0.0634. The minimum Gasteiger partial charge on any atom is -0.434 e. The standard InChI is InChI=1S/C12H12N12O24/c25-7(13-19(31)32)43-1-2(44-8(26)14-20(33)34)4(46-10(28)16-22(37)38)6(48-12(30)18-24(41)42)5(47-11(29)17-23(39)40)3(1)45-9(27)15-21(35)36/h1-6H,(H,13,25)(H,14,26)(H,15,27)(H,16,28)(H,17,29)(H,18,30). The summed E-state index contributed by atoms with van der Waals surface area (Å²) < 4.78 is 27.3. The lowest BCUT2D eigenvalue weighted by Gasteiger charge is -2.45. The third-order valence-electron chi connectivity index (χ3n) is 4.50. The summed E-state index contributed by atoms with van der Waals surface area (Å²) >= 11 is 0. The molecule has 1 fully saturated rings. The number of nitrogens with one attached hydrogen (secondary N) is 6. The SMILES string of the molecule is O=C(N[N+](=O)[O-])OC1C(OC(=O)N[N+](=O)[O-])C(OC(=O)N[N+](=O)[O-])C(OC(=O)N[N+](=O)[O-])C(OC(=O)N[N+](=O)[O-])C1OC(=O)N[N+](=O)[O-]. The molecule has 36 nitrogen and oxygen atoms in total. The van der Waals surface area contributed by atoms with Gasteiger partial charge in [-0.15, -0.1) is 0 Å². The monoisotopic (exact) mass is 708 g/mol. The molecule has 0 aromatic carbocycles. The van der Waals surface area contributed by atoms with Crippen molar-refractivity contribution in [1.29, 1.82) is 0 Å². The van der Waals surface area contributed by atoms with Crippen LogP contribution in [0.15, 0.2) is 0 Å². The number of hydrogen-bond donors (Lipinski definition) is 6. The molecule has 0 aromatic heterocycles. The Labute approximate surface area is 254 Å². The number of nitro groups is 6. The molecule has 1 saturated carbocycles. The first-order chi connectivity index (χ1) is 22.2. The lowest BCUT2D eigenvalue weighted by Crippen LogP contribution is -2.70. The van der Waals surface area contributed by atoms with Crippen LogP contribution in [0.2, 0.25) is 0 Å². The molecule has 0 saturated heterocycles. The van der Waals surface area contributed by atoms with Gasteiger partial charge in [0.15, 0.2) is 66.8 Å². The van der Waals surface area contributed by atoms with Gasteiger partial charge in [-0.05, 0) is 32.6 Å². The summed E-state index contributed by atoms with van der Waals surface area (Å²) in [5.41, 5.74) is 4.64. The van der Waals surface area contributed by atoms with Gasteiger partial charge in [-0.3, -0.25) is 0 Å². The first-order valence-corrected chi connectivity index (χ1v) is 10.9. The Morgan fingerprint density at radius 2 is 0.417 bits per heavy atom. The van der Waals surface area contributed by atoms with Gasteiger partial charge in [-0.25, -0.2) is 89.5 Å². The van der Waals surface area contributed by atoms with Gasteiger partial charge in [-0.2, -0.15) is 0 Å². The van der Waals surface area contributed by atoms with Crippen molar-refractivity contribution in [3.05, 3.63) is 60.7 Å². The number of hydrogen-bond acceptors (Lipinski definition) is 24. The van der Waals surface area contributed by atoms with Crippen LogP contribution in [0.4, 0.5) is 28.8 Å². The summed E-state index contributed by atoms with van der Waals surface area (Å²) in [6.07, 6.45) is -32.1. The highest BCUT2D eigenvalue weighted by atomic mass is 16.7. The van der Waals surface area contributed by atoms with E-state index in [1.807, 2.05) is 0 Å². The summed E-state index contributed by atoms with van der Waals surface area (Å²) in [6.45, 7) is 0. The van der Waals surface area contributed by atoms with E-state index in [-0.39, 0.29) is 0 Å². The molecule has 6 amide bonds. The molecular weight excluding hydrogens is 696 g/mol. The van der Waals surface area contributed by atoms with E-state index in [1.54, 1.807) is 0 Å². The Morgan fingerprint density at radius 3 is 0.500 bits per heavy atom. The van der Waals surface area contributed by atoms with Crippen molar-refractivity contribution in [2.24, 2.45) is 0 Å². The number of ether oxygens (including phenoxy) is 6. The van der Waals surface area contributed by atoms with Gasteiger partial charge in [0, 0.05) is 0 Å². The highest BCUT2D eigenvalue weighted by molar-refractivity contribution is 5.70. The Morgan fingerprint density at radius 1 is 0.312 bits per heavy atom. The lowest BCUT2D eigenvalue weighted by atomic mass is 9.83. The first kappa shape index (κ1) is 38.0. The van der Waals surface area contributed by atoms with Crippen molar-refractivity contribution < 1.29 is 87.4 Å². The van der Waals surface area contributed by atoms with E-state index in [0.717, 1.165) is 32.6 Å². The third kappa shape index (κ3) is 12.7. The molecule has 36 heteroatoms. The zero-order chi connectivity index (χ0) is 36.9. The van der Waals surface area contributed by atoms with E-state index in [9.17, 15) is 89.5 Å². The van der Waals surface area contributed by atoms with Gasteiger partial charge in [0.1, 0.15) is 0 Å². The molecule has 0 spiro atoms. The molecule has 0 unspecified atom stereocenters. The third-order valence-corrected chi connectivity index (χ3v) is 4.50. The van der Waals surface area contributed by atoms with E-state index in [4.69, 9.17) is 0 Å². The number of amides is 6. The fraction of sp³-hybridized carbons (Fsp3) is 0.500. The van der Waals surface area contributed by atoms with Gasteiger partial charge in [-0.1, -0.05) is 0 Å². The average Bonchev–Trinajstić information content (AvgIpc) is 2.87. The topological polar surface area (TPSA) is 489 Å². The number of rotatable bonds is 12. The van der Waals surface area contributed by atoms with Crippen LogP contribution < -0.4 is 32.6 Å². The van der Waals surface area contributed by atoms with Gasteiger partial charge < -0.3 is 28.4 Å². The molecule has 1 aliphatic carbocycles. The van der Waals surface area contributed by atoms with Crippen LogP contribution in [0, 0.1) is 60.7 Å². The van der Waals surface area contributed by atoms with Crippen LogP contribution in [-0.4, -0.2) is 103 Å². The summed E-state index contributed by atoms with van der Waals surface area (Å²) in [4.78, 5) is 138. The molecule has 0 aliphatic heterocycles. The smallest absolute Gasteiger partial charge is 0.434 e. The van der Waals surface area contributed by atoms with Crippen LogP contribution >= 0.6 is 0 Å². The highest BCUT2D eigenvalue weighted by Crippen LogP contribution is 2.34. The van der Waals surface area contributed by atoms with E-state index >= 15 is 0 Å². The van der Waals surface area contributed by atoms with Crippen molar-refractivity contribution in [1.82, 2.24) is 32.6 Å². The van der Waals surface area contributed by atoms with Crippen molar-refractivity contribution in [2.45, 2.75) is 36.6 Å². The number of carbonyl (C=O) groups excluding carboxylic acids is 6. The van der Waals surface area contributed by atoms with Gasteiger partial charge in [0.05, 0.1) is 0 Å². The second-order valence-electron chi connectivity index (χ2n) is 7.43. The molecule has 264 valence electrons. The van der Waals surface area contributed by atoms with Crippen LogP contribution in [0.1, 0.15) is 0 Å². The van der Waals surface area contributed by atoms with Gasteiger partial charge >= 0.3 is 36.6 Å². The average molecular weight is 708 g/mol. The van der Waals surface area contributed by atoms with Crippen LogP contribution in [-0.2, 0) is 28.4 Å². The van der Waals surface area contributed by atoms with Crippen molar-refractivity contribution in [3.8, 4) is 0 Å². The van der Waals surface area contributed by atoms with Crippen LogP contribution in [0.25, 0.3) is 0 Å². The Kier molecular flexibility index (Phi) is 13.3. The van der Waals surface area contributed by atoms with E-state index in [0.29, 0.717) is 0 Å². The molecule has 1 aliphatic rings. The predicted octanol–water partition coefficient (Wildman–Crippen LogP) is -4.28. The Balaban J connectivity index is 4.12. The lowest BCUT2D eigenvalue weighted by molar-refractivity contribution is -0.533. The summed E-state index contributed by atoms with van der Waals surface area (Å²) in [7, 11) is 0. The molecule has 48 heavy (non-hydrogen) atoms. The maximum absolute atomic E-state index is 12.2. The minimum absolute atomic E-state index is 0.774. The second-order valence-corrected chi connectivity index (χ2v) is 7.43. The summed E-state index contributed by atoms with van der Waals surface area (Å²) in [5, 5.41) is 54.6. The zero-order valence-corrected chi connectivity index (χ0v) is 21.9. The minimum atomic E-state index is -3.03. The molecular formula is C12H12N12O24. The number of hydrazine groups is 6. The maximum atomic E-state index is 12.2. The molecule has 0 bridgehead atoms.